The predicted octanol–water partition coefficient (Wildman–Crippen LogP) is 3.14. The van der Waals surface area contributed by atoms with E-state index in [4.69, 9.17) is 0 Å². The zero-order valence-electron chi connectivity index (χ0n) is 7.88. The van der Waals surface area contributed by atoms with Crippen LogP contribution >= 0.6 is 0 Å². The lowest BCUT2D eigenvalue weighted by Gasteiger charge is -1.97. The van der Waals surface area contributed by atoms with Crippen LogP contribution < -0.4 is 0 Å². The first-order valence-corrected chi connectivity index (χ1v) is 4.52. The second-order valence-corrected chi connectivity index (χ2v) is 2.85. The van der Waals surface area contributed by atoms with E-state index in [2.05, 4.69) is 6.92 Å². The molecule has 0 aromatic carbocycles. The molecule has 3 heteroatoms. The third-order valence-electron chi connectivity index (χ3n) is 1.85. The van der Waals surface area contributed by atoms with Gasteiger partial charge >= 0.3 is 0 Å². The maximum Gasteiger partial charge on any atom is 0.242 e. The van der Waals surface area contributed by atoms with Crippen LogP contribution in [0.25, 0.3) is 0 Å². The zero-order chi connectivity index (χ0) is 9.40. The molecule has 0 aromatic rings. The number of nitrogens with zero attached hydrogens (tertiary/aromatic N) is 1. The third-order valence-corrected chi connectivity index (χ3v) is 1.85. The highest BCUT2D eigenvalue weighted by molar-refractivity contribution is 4.88. The standard InChI is InChI=1S/C9H17NO2/c1-3-5-6-7-8-9(4-2)10(11)12/h4H,3,5-8H2,1-2H3. The number of unbranched alkanes of at least 4 members (excludes halogenated alkanes) is 3. The molecule has 0 saturated heterocycles. The molecule has 0 unspecified atom stereocenters. The summed E-state index contributed by atoms with van der Waals surface area (Å²) in [7, 11) is 0. The molecule has 0 spiro atoms. The van der Waals surface area contributed by atoms with Crippen LogP contribution in [0.3, 0.4) is 0 Å². The lowest BCUT2D eigenvalue weighted by molar-refractivity contribution is -0.428. The van der Waals surface area contributed by atoms with E-state index in [9.17, 15) is 10.1 Å². The predicted molar refractivity (Wildman–Crippen MR) is 49.5 cm³/mol. The molecule has 12 heavy (non-hydrogen) atoms. The summed E-state index contributed by atoms with van der Waals surface area (Å²) in [5.41, 5.74) is 0.353. The van der Waals surface area contributed by atoms with Crippen molar-refractivity contribution >= 4 is 0 Å². The molecule has 70 valence electrons. The molecule has 0 amide bonds. The maximum atomic E-state index is 10.3. The molecule has 0 aliphatic carbocycles. The van der Waals surface area contributed by atoms with Gasteiger partial charge in [0.15, 0.2) is 0 Å². The average Bonchev–Trinajstić information content (AvgIpc) is 2.04. The Morgan fingerprint density at radius 2 is 2.08 bits per heavy atom. The minimum atomic E-state index is -0.286. The monoisotopic (exact) mass is 171 g/mol. The molecule has 0 atom stereocenters. The molecule has 0 aliphatic heterocycles. The Hall–Kier alpha value is -0.860. The summed E-state index contributed by atoms with van der Waals surface area (Å²) in [6.07, 6.45) is 6.59. The van der Waals surface area contributed by atoms with Crippen LogP contribution in [0.2, 0.25) is 0 Å². The van der Waals surface area contributed by atoms with Crippen LogP contribution in [0.4, 0.5) is 0 Å². The molecular formula is C9H17NO2. The van der Waals surface area contributed by atoms with Gasteiger partial charge in [-0.15, -0.1) is 0 Å². The van der Waals surface area contributed by atoms with Crippen molar-refractivity contribution in [3.8, 4) is 0 Å². The number of hydrogen-bond donors (Lipinski definition) is 0. The van der Waals surface area contributed by atoms with Crippen molar-refractivity contribution in [3.63, 3.8) is 0 Å². The molecule has 0 aromatic heterocycles. The SMILES string of the molecule is CC=C(CCCCCC)[N+](=O)[O-]. The van der Waals surface area contributed by atoms with Crippen LogP contribution in [0.5, 0.6) is 0 Å². The Kier molecular flexibility index (Phi) is 6.34. The first-order valence-electron chi connectivity index (χ1n) is 4.52. The van der Waals surface area contributed by atoms with Crippen molar-refractivity contribution in [1.82, 2.24) is 0 Å². The van der Waals surface area contributed by atoms with Gasteiger partial charge in [-0.3, -0.25) is 10.1 Å². The molecule has 0 fully saturated rings. The maximum absolute atomic E-state index is 10.3. The van der Waals surface area contributed by atoms with Crippen molar-refractivity contribution in [2.24, 2.45) is 0 Å². The summed E-state index contributed by atoms with van der Waals surface area (Å²) >= 11 is 0. The van der Waals surface area contributed by atoms with Gasteiger partial charge in [-0.25, -0.2) is 0 Å². The molecule has 3 nitrogen and oxygen atoms in total. The van der Waals surface area contributed by atoms with E-state index < -0.39 is 0 Å². The van der Waals surface area contributed by atoms with Gasteiger partial charge in [-0.1, -0.05) is 26.2 Å². The number of nitro groups is 1. The van der Waals surface area contributed by atoms with E-state index >= 15 is 0 Å². The summed E-state index contributed by atoms with van der Waals surface area (Å²) in [6, 6.07) is 0. The van der Waals surface area contributed by atoms with Gasteiger partial charge in [0.2, 0.25) is 5.70 Å². The molecule has 0 N–H and O–H groups in total. The summed E-state index contributed by atoms with van der Waals surface area (Å²) in [5.74, 6) is 0. The molecule has 0 aliphatic rings. The van der Waals surface area contributed by atoms with Crippen molar-refractivity contribution in [2.45, 2.75) is 46.0 Å². The first-order chi connectivity index (χ1) is 5.72. The van der Waals surface area contributed by atoms with Gasteiger partial charge in [0.25, 0.3) is 0 Å². The Balaban J connectivity index is 3.54. The fourth-order valence-electron chi connectivity index (χ4n) is 1.07. The van der Waals surface area contributed by atoms with E-state index in [-0.39, 0.29) is 4.92 Å². The van der Waals surface area contributed by atoms with Crippen LogP contribution in [0, 0.1) is 10.1 Å². The smallest absolute Gasteiger partial charge is 0.242 e. The molecule has 0 rings (SSSR count). The third kappa shape index (κ3) is 4.88. The number of allylic oxidation sites excluding steroid dienone is 2. The minimum absolute atomic E-state index is 0.286. The second kappa shape index (κ2) is 6.83. The largest absolute Gasteiger partial charge is 0.259 e. The van der Waals surface area contributed by atoms with E-state index in [1.165, 1.54) is 12.8 Å². The van der Waals surface area contributed by atoms with E-state index in [0.717, 1.165) is 12.8 Å². The van der Waals surface area contributed by atoms with Crippen LogP contribution in [-0.2, 0) is 0 Å². The number of hydrogen-bond acceptors (Lipinski definition) is 2. The van der Waals surface area contributed by atoms with Crippen molar-refractivity contribution in [3.05, 3.63) is 21.9 Å². The second-order valence-electron chi connectivity index (χ2n) is 2.85. The molecular weight excluding hydrogens is 154 g/mol. The summed E-state index contributed by atoms with van der Waals surface area (Å²) in [4.78, 5) is 10.0. The van der Waals surface area contributed by atoms with Gasteiger partial charge in [-0.05, 0) is 19.4 Å². The summed E-state index contributed by atoms with van der Waals surface area (Å²) in [5, 5.41) is 10.3. The minimum Gasteiger partial charge on any atom is -0.259 e. The van der Waals surface area contributed by atoms with Gasteiger partial charge in [0, 0.05) is 6.42 Å². The van der Waals surface area contributed by atoms with Crippen molar-refractivity contribution in [2.75, 3.05) is 0 Å². The topological polar surface area (TPSA) is 43.1 Å². The summed E-state index contributed by atoms with van der Waals surface area (Å²) in [6.45, 7) is 3.85. The lowest BCUT2D eigenvalue weighted by Crippen LogP contribution is -1.97. The quantitative estimate of drug-likeness (QED) is 0.350. The highest BCUT2D eigenvalue weighted by Gasteiger charge is 2.06. The van der Waals surface area contributed by atoms with Gasteiger partial charge in [-0.2, -0.15) is 0 Å². The van der Waals surface area contributed by atoms with E-state index in [0.29, 0.717) is 12.1 Å². The Morgan fingerprint density at radius 1 is 1.42 bits per heavy atom. The number of rotatable bonds is 6. The normalized spacial score (nSPS) is 11.7. The summed E-state index contributed by atoms with van der Waals surface area (Å²) < 4.78 is 0. The lowest BCUT2D eigenvalue weighted by atomic mass is 10.1. The first kappa shape index (κ1) is 11.1. The van der Waals surface area contributed by atoms with Crippen molar-refractivity contribution in [1.29, 1.82) is 0 Å². The van der Waals surface area contributed by atoms with Crippen LogP contribution in [-0.4, -0.2) is 4.92 Å². The van der Waals surface area contributed by atoms with Crippen molar-refractivity contribution < 1.29 is 4.92 Å². The molecule has 0 heterocycles. The Bertz CT molecular complexity index is 164. The Morgan fingerprint density at radius 3 is 2.50 bits per heavy atom. The van der Waals surface area contributed by atoms with Gasteiger partial charge < -0.3 is 0 Å². The van der Waals surface area contributed by atoms with E-state index in [1.54, 1.807) is 13.0 Å². The Labute approximate surface area is 73.6 Å². The van der Waals surface area contributed by atoms with E-state index in [1.807, 2.05) is 0 Å². The fraction of sp³-hybridized carbons (Fsp3) is 0.778. The zero-order valence-corrected chi connectivity index (χ0v) is 7.88. The van der Waals surface area contributed by atoms with Crippen LogP contribution in [0.1, 0.15) is 46.0 Å². The average molecular weight is 171 g/mol. The highest BCUT2D eigenvalue weighted by Crippen LogP contribution is 2.09. The molecule has 0 bridgehead atoms. The molecule has 0 radical (unpaired) electrons. The fourth-order valence-corrected chi connectivity index (χ4v) is 1.07. The van der Waals surface area contributed by atoms with Crippen LogP contribution in [0.15, 0.2) is 11.8 Å². The molecule has 0 saturated carbocycles. The highest BCUT2D eigenvalue weighted by atomic mass is 16.6. The van der Waals surface area contributed by atoms with Gasteiger partial charge in [0.05, 0.1) is 4.92 Å². The van der Waals surface area contributed by atoms with Gasteiger partial charge in [0.1, 0.15) is 0 Å².